The molecule has 1 amide bonds. The van der Waals surface area contributed by atoms with Crippen molar-refractivity contribution >= 4 is 33.4 Å². The number of esters is 1. The van der Waals surface area contributed by atoms with E-state index in [1.807, 2.05) is 18.2 Å². The molecule has 0 aliphatic carbocycles. The first-order valence-electron chi connectivity index (χ1n) is 8.18. The molecule has 0 aliphatic heterocycles. The van der Waals surface area contributed by atoms with Crippen molar-refractivity contribution in [3.63, 3.8) is 0 Å². The number of halogens is 1. The SMILES string of the molecule is COC(=O)Cn1c(=NC(=O)CCOc2ccccc2)sc2cc(F)ccc21. The van der Waals surface area contributed by atoms with E-state index >= 15 is 0 Å². The van der Waals surface area contributed by atoms with Crippen LogP contribution in [0.3, 0.4) is 0 Å². The molecular weight excluding hydrogens is 371 g/mol. The number of thiazole rings is 1. The Balaban J connectivity index is 1.81. The number of carbonyl (C=O) groups is 2. The van der Waals surface area contributed by atoms with Gasteiger partial charge in [-0.05, 0) is 30.3 Å². The lowest BCUT2D eigenvalue weighted by molar-refractivity contribution is -0.141. The maximum absolute atomic E-state index is 13.5. The largest absolute Gasteiger partial charge is 0.493 e. The highest BCUT2D eigenvalue weighted by molar-refractivity contribution is 7.16. The van der Waals surface area contributed by atoms with Gasteiger partial charge in [0.2, 0.25) is 0 Å². The van der Waals surface area contributed by atoms with Crippen molar-refractivity contribution < 1.29 is 23.5 Å². The molecule has 3 aromatic rings. The molecule has 0 radical (unpaired) electrons. The van der Waals surface area contributed by atoms with Gasteiger partial charge in [0.15, 0.2) is 4.80 Å². The fourth-order valence-corrected chi connectivity index (χ4v) is 3.49. The number of carbonyl (C=O) groups excluding carboxylic acids is 2. The maximum Gasteiger partial charge on any atom is 0.325 e. The number of nitrogens with zero attached hydrogens (tertiary/aromatic N) is 2. The van der Waals surface area contributed by atoms with Crippen molar-refractivity contribution in [3.8, 4) is 5.75 Å². The number of benzene rings is 2. The number of fused-ring (bicyclic) bond motifs is 1. The molecule has 3 rings (SSSR count). The summed E-state index contributed by atoms with van der Waals surface area (Å²) in [5, 5.41) is 0. The number of hydrogen-bond donors (Lipinski definition) is 0. The Morgan fingerprint density at radius 1 is 1.19 bits per heavy atom. The van der Waals surface area contributed by atoms with Crippen LogP contribution in [0.5, 0.6) is 5.75 Å². The molecule has 0 aliphatic rings. The van der Waals surface area contributed by atoms with Crippen LogP contribution >= 0.6 is 11.3 Å². The Hall–Kier alpha value is -3.00. The zero-order valence-electron chi connectivity index (χ0n) is 14.6. The van der Waals surface area contributed by atoms with E-state index in [4.69, 9.17) is 9.47 Å². The third-order valence-electron chi connectivity index (χ3n) is 3.71. The maximum atomic E-state index is 13.5. The second kappa shape index (κ2) is 8.59. The predicted molar refractivity (Wildman–Crippen MR) is 98.9 cm³/mol. The second-order valence-electron chi connectivity index (χ2n) is 5.58. The Bertz CT molecular complexity index is 1030. The summed E-state index contributed by atoms with van der Waals surface area (Å²) in [6, 6.07) is 13.3. The third kappa shape index (κ3) is 4.79. The molecule has 0 saturated heterocycles. The minimum absolute atomic E-state index is 0.0791. The molecule has 0 atom stereocenters. The Morgan fingerprint density at radius 3 is 2.70 bits per heavy atom. The molecule has 0 fully saturated rings. The van der Waals surface area contributed by atoms with E-state index in [-0.39, 0.29) is 19.6 Å². The topological polar surface area (TPSA) is 69.9 Å². The lowest BCUT2D eigenvalue weighted by Gasteiger charge is -2.04. The predicted octanol–water partition coefficient (Wildman–Crippen LogP) is 2.91. The molecule has 1 heterocycles. The molecule has 0 saturated carbocycles. The number of aromatic nitrogens is 1. The van der Waals surface area contributed by atoms with E-state index in [0.717, 1.165) is 11.3 Å². The van der Waals surface area contributed by atoms with Crippen LogP contribution in [0, 0.1) is 5.82 Å². The molecule has 6 nitrogen and oxygen atoms in total. The molecule has 0 N–H and O–H groups in total. The number of para-hydroxylation sites is 1. The van der Waals surface area contributed by atoms with E-state index in [9.17, 15) is 14.0 Å². The monoisotopic (exact) mass is 388 g/mol. The van der Waals surface area contributed by atoms with Gasteiger partial charge >= 0.3 is 5.97 Å². The van der Waals surface area contributed by atoms with Gasteiger partial charge in [0, 0.05) is 0 Å². The van der Waals surface area contributed by atoms with Crippen molar-refractivity contribution in [2.45, 2.75) is 13.0 Å². The average Bonchev–Trinajstić information content (AvgIpc) is 2.98. The van der Waals surface area contributed by atoms with Gasteiger partial charge in [-0.2, -0.15) is 4.99 Å². The van der Waals surface area contributed by atoms with Crippen LogP contribution in [0.15, 0.2) is 53.5 Å². The molecule has 8 heteroatoms. The summed E-state index contributed by atoms with van der Waals surface area (Å²) in [4.78, 5) is 28.3. The Morgan fingerprint density at radius 2 is 1.96 bits per heavy atom. The van der Waals surface area contributed by atoms with Gasteiger partial charge in [0.1, 0.15) is 18.1 Å². The van der Waals surface area contributed by atoms with Gasteiger partial charge in [0.05, 0.1) is 30.4 Å². The second-order valence-corrected chi connectivity index (χ2v) is 6.59. The summed E-state index contributed by atoms with van der Waals surface area (Å²) in [5.74, 6) is -0.608. The molecule has 0 bridgehead atoms. The van der Waals surface area contributed by atoms with Crippen LogP contribution < -0.4 is 9.54 Å². The lowest BCUT2D eigenvalue weighted by atomic mass is 10.3. The first-order valence-corrected chi connectivity index (χ1v) is 8.99. The highest BCUT2D eigenvalue weighted by Gasteiger charge is 2.12. The molecule has 0 unspecified atom stereocenters. The van der Waals surface area contributed by atoms with Crippen LogP contribution in [-0.4, -0.2) is 30.2 Å². The Labute approximate surface area is 158 Å². The van der Waals surface area contributed by atoms with Crippen LogP contribution in [0.1, 0.15) is 6.42 Å². The molecular formula is C19H17FN2O4S. The van der Waals surface area contributed by atoms with E-state index in [2.05, 4.69) is 4.99 Å². The summed E-state index contributed by atoms with van der Waals surface area (Å²) in [5.41, 5.74) is 0.610. The van der Waals surface area contributed by atoms with Crippen molar-refractivity contribution in [1.29, 1.82) is 0 Å². The van der Waals surface area contributed by atoms with Crippen molar-refractivity contribution in [2.75, 3.05) is 13.7 Å². The van der Waals surface area contributed by atoms with Crippen LogP contribution in [-0.2, 0) is 20.9 Å². The molecule has 1 aromatic heterocycles. The summed E-state index contributed by atoms with van der Waals surface area (Å²) in [6.45, 7) is 0.0671. The number of methoxy groups -OCH3 is 1. The lowest BCUT2D eigenvalue weighted by Crippen LogP contribution is -2.22. The molecule has 0 spiro atoms. The third-order valence-corrected chi connectivity index (χ3v) is 4.75. The van der Waals surface area contributed by atoms with Gasteiger partial charge in [0.25, 0.3) is 5.91 Å². The molecule has 140 valence electrons. The average molecular weight is 388 g/mol. The van der Waals surface area contributed by atoms with Gasteiger partial charge in [-0.1, -0.05) is 29.5 Å². The van der Waals surface area contributed by atoms with E-state index < -0.39 is 17.7 Å². The van der Waals surface area contributed by atoms with Crippen LogP contribution in [0.25, 0.3) is 10.2 Å². The fourth-order valence-electron chi connectivity index (χ4n) is 2.41. The fraction of sp³-hybridized carbons (Fsp3) is 0.211. The minimum atomic E-state index is -0.486. The van der Waals surface area contributed by atoms with E-state index in [0.29, 0.717) is 20.8 Å². The minimum Gasteiger partial charge on any atom is -0.493 e. The molecule has 27 heavy (non-hydrogen) atoms. The number of amides is 1. The number of hydrogen-bond acceptors (Lipinski definition) is 5. The summed E-state index contributed by atoms with van der Waals surface area (Å²) in [6.07, 6.45) is 0.0791. The Kier molecular flexibility index (Phi) is 5.97. The number of ether oxygens (including phenoxy) is 2. The highest BCUT2D eigenvalue weighted by atomic mass is 32.1. The molecule has 2 aromatic carbocycles. The first-order chi connectivity index (χ1) is 13.1. The summed E-state index contributed by atoms with van der Waals surface area (Å²) >= 11 is 1.14. The van der Waals surface area contributed by atoms with Crippen LogP contribution in [0.4, 0.5) is 4.39 Å². The van der Waals surface area contributed by atoms with E-state index in [1.165, 1.54) is 19.2 Å². The quantitative estimate of drug-likeness (QED) is 0.609. The number of rotatable bonds is 6. The van der Waals surface area contributed by atoms with Crippen molar-refractivity contribution in [2.24, 2.45) is 4.99 Å². The normalized spacial score (nSPS) is 11.6. The summed E-state index contributed by atoms with van der Waals surface area (Å²) < 4.78 is 25.8. The first kappa shape index (κ1) is 18.8. The van der Waals surface area contributed by atoms with Crippen molar-refractivity contribution in [1.82, 2.24) is 4.57 Å². The smallest absolute Gasteiger partial charge is 0.325 e. The van der Waals surface area contributed by atoms with Crippen molar-refractivity contribution in [3.05, 3.63) is 59.1 Å². The van der Waals surface area contributed by atoms with E-state index in [1.54, 1.807) is 22.8 Å². The van der Waals surface area contributed by atoms with Gasteiger partial charge < -0.3 is 14.0 Å². The van der Waals surface area contributed by atoms with Gasteiger partial charge in [-0.3, -0.25) is 9.59 Å². The van der Waals surface area contributed by atoms with Gasteiger partial charge in [-0.15, -0.1) is 0 Å². The zero-order valence-corrected chi connectivity index (χ0v) is 15.4. The summed E-state index contributed by atoms with van der Waals surface area (Å²) in [7, 11) is 1.28. The van der Waals surface area contributed by atoms with Gasteiger partial charge in [-0.25, -0.2) is 4.39 Å². The standard InChI is InChI=1S/C19H17FN2O4S/c1-25-18(24)12-22-15-8-7-13(20)11-16(15)27-19(22)21-17(23)9-10-26-14-5-3-2-4-6-14/h2-8,11H,9-10,12H2,1H3. The zero-order chi connectivity index (χ0) is 19.2. The highest BCUT2D eigenvalue weighted by Crippen LogP contribution is 2.19. The van der Waals surface area contributed by atoms with Crippen LogP contribution in [0.2, 0.25) is 0 Å².